The quantitative estimate of drug-likeness (QED) is 0.497. The number of hydrogen-bond donors (Lipinski definition) is 0. The molecular formula is C22H31FO2. The van der Waals surface area contributed by atoms with Crippen molar-refractivity contribution in [3.63, 3.8) is 0 Å². The molecule has 0 radical (unpaired) electrons. The van der Waals surface area contributed by atoms with Crippen LogP contribution in [-0.2, 0) is 4.79 Å². The van der Waals surface area contributed by atoms with E-state index in [1.165, 1.54) is 31.7 Å². The fraction of sp³-hybridized carbons (Fsp3) is 0.682. The standard InChI is InChI=1S/C22H31FO2/c1-14-4-6-17(7-5-14)18-8-10-19(11-9-18)22(24)25-20-12-15(2)16(3)21(23)13-20/h12-14,17-19H,4-11H2,1-3H3. The van der Waals surface area contributed by atoms with Crippen LogP contribution in [0.3, 0.4) is 0 Å². The van der Waals surface area contributed by atoms with Gasteiger partial charge in [-0.25, -0.2) is 4.39 Å². The Labute approximate surface area is 151 Å². The second-order valence-corrected chi connectivity index (χ2v) is 8.40. The van der Waals surface area contributed by atoms with Crippen LogP contribution >= 0.6 is 0 Å². The lowest BCUT2D eigenvalue weighted by molar-refractivity contribution is -0.140. The third-order valence-electron chi connectivity index (χ3n) is 6.63. The van der Waals surface area contributed by atoms with Crippen molar-refractivity contribution in [3.05, 3.63) is 29.1 Å². The predicted octanol–water partition coefficient (Wildman–Crippen LogP) is 5.98. The summed E-state index contributed by atoms with van der Waals surface area (Å²) in [7, 11) is 0. The van der Waals surface area contributed by atoms with Gasteiger partial charge in [0.1, 0.15) is 11.6 Å². The van der Waals surface area contributed by atoms with E-state index in [1.54, 1.807) is 13.0 Å². The van der Waals surface area contributed by atoms with Crippen molar-refractivity contribution < 1.29 is 13.9 Å². The van der Waals surface area contributed by atoms with E-state index in [0.29, 0.717) is 11.3 Å². The van der Waals surface area contributed by atoms with Crippen molar-refractivity contribution in [1.29, 1.82) is 0 Å². The van der Waals surface area contributed by atoms with E-state index in [2.05, 4.69) is 6.92 Å². The molecule has 0 unspecified atom stereocenters. The Bertz CT molecular complexity index is 585. The minimum atomic E-state index is -0.307. The summed E-state index contributed by atoms with van der Waals surface area (Å²) < 4.78 is 19.3. The molecule has 2 aliphatic rings. The smallest absolute Gasteiger partial charge is 0.314 e. The Morgan fingerprint density at radius 1 is 0.960 bits per heavy atom. The van der Waals surface area contributed by atoms with Crippen LogP contribution in [0, 0.1) is 43.3 Å². The van der Waals surface area contributed by atoms with Crippen molar-refractivity contribution in [2.75, 3.05) is 0 Å². The summed E-state index contributed by atoms with van der Waals surface area (Å²) in [5.74, 6) is 2.37. The zero-order valence-corrected chi connectivity index (χ0v) is 15.8. The monoisotopic (exact) mass is 346 g/mol. The topological polar surface area (TPSA) is 26.3 Å². The van der Waals surface area contributed by atoms with Gasteiger partial charge >= 0.3 is 5.97 Å². The molecule has 0 aromatic heterocycles. The number of aryl methyl sites for hydroxylation is 1. The molecule has 2 nitrogen and oxygen atoms in total. The van der Waals surface area contributed by atoms with Gasteiger partial charge in [-0.15, -0.1) is 0 Å². The molecule has 2 fully saturated rings. The lowest BCUT2D eigenvalue weighted by atomic mass is 9.69. The van der Waals surface area contributed by atoms with Crippen LogP contribution in [0.1, 0.15) is 69.4 Å². The highest BCUT2D eigenvalue weighted by Crippen LogP contribution is 2.41. The zero-order chi connectivity index (χ0) is 18.0. The second kappa shape index (κ2) is 7.88. The molecule has 0 N–H and O–H groups in total. The lowest BCUT2D eigenvalue weighted by Gasteiger charge is -2.36. The fourth-order valence-corrected chi connectivity index (χ4v) is 4.63. The average molecular weight is 346 g/mol. The van der Waals surface area contributed by atoms with E-state index in [9.17, 15) is 9.18 Å². The van der Waals surface area contributed by atoms with Crippen molar-refractivity contribution >= 4 is 5.97 Å². The van der Waals surface area contributed by atoms with Gasteiger partial charge in [0.2, 0.25) is 0 Å². The van der Waals surface area contributed by atoms with E-state index < -0.39 is 0 Å². The molecular weight excluding hydrogens is 315 g/mol. The molecule has 1 aromatic rings. The van der Waals surface area contributed by atoms with E-state index in [0.717, 1.165) is 49.0 Å². The molecule has 138 valence electrons. The molecule has 0 atom stereocenters. The van der Waals surface area contributed by atoms with Crippen LogP contribution < -0.4 is 4.74 Å². The van der Waals surface area contributed by atoms with Crippen molar-refractivity contribution in [2.45, 2.75) is 72.1 Å². The summed E-state index contributed by atoms with van der Waals surface area (Å²) in [6.45, 7) is 5.94. The Balaban J connectivity index is 1.52. The number of ether oxygens (including phenoxy) is 1. The normalized spacial score (nSPS) is 30.1. The van der Waals surface area contributed by atoms with Crippen LogP contribution in [0.5, 0.6) is 5.75 Å². The first-order chi connectivity index (χ1) is 11.9. The van der Waals surface area contributed by atoms with Gasteiger partial charge < -0.3 is 4.74 Å². The summed E-state index contributed by atoms with van der Waals surface area (Å²) in [6, 6.07) is 3.08. The Morgan fingerprint density at radius 2 is 1.52 bits per heavy atom. The Kier molecular flexibility index (Phi) is 5.81. The minimum absolute atomic E-state index is 0.0246. The van der Waals surface area contributed by atoms with Gasteiger partial charge in [-0.05, 0) is 87.3 Å². The maximum Gasteiger partial charge on any atom is 0.314 e. The summed E-state index contributed by atoms with van der Waals surface area (Å²) >= 11 is 0. The molecule has 3 heteroatoms. The van der Waals surface area contributed by atoms with E-state index in [1.807, 2.05) is 6.92 Å². The number of rotatable bonds is 3. The molecule has 0 amide bonds. The SMILES string of the molecule is Cc1cc(OC(=O)C2CCC(C3CCC(C)CC3)CC2)cc(F)c1C. The van der Waals surface area contributed by atoms with Gasteiger partial charge in [0.25, 0.3) is 0 Å². The fourth-order valence-electron chi connectivity index (χ4n) is 4.63. The molecule has 0 saturated heterocycles. The number of halogens is 1. The first kappa shape index (κ1) is 18.4. The molecule has 0 bridgehead atoms. The first-order valence-corrected chi connectivity index (χ1v) is 9.92. The molecule has 25 heavy (non-hydrogen) atoms. The van der Waals surface area contributed by atoms with Gasteiger partial charge in [-0.2, -0.15) is 0 Å². The zero-order valence-electron chi connectivity index (χ0n) is 15.8. The minimum Gasteiger partial charge on any atom is -0.426 e. The summed E-state index contributed by atoms with van der Waals surface area (Å²) in [5.41, 5.74) is 1.43. The summed E-state index contributed by atoms with van der Waals surface area (Å²) in [6.07, 6.45) is 9.58. The maximum absolute atomic E-state index is 13.8. The highest BCUT2D eigenvalue weighted by molar-refractivity contribution is 5.75. The molecule has 2 aliphatic carbocycles. The molecule has 3 rings (SSSR count). The Hall–Kier alpha value is -1.38. The molecule has 1 aromatic carbocycles. The van der Waals surface area contributed by atoms with Crippen LogP contribution in [0.2, 0.25) is 0 Å². The molecule has 0 aliphatic heterocycles. The van der Waals surface area contributed by atoms with Gasteiger partial charge in [-0.1, -0.05) is 19.8 Å². The van der Waals surface area contributed by atoms with E-state index in [-0.39, 0.29) is 17.7 Å². The van der Waals surface area contributed by atoms with Crippen LogP contribution in [0.25, 0.3) is 0 Å². The molecule has 0 heterocycles. The number of carbonyl (C=O) groups excluding carboxylic acids is 1. The predicted molar refractivity (Wildman–Crippen MR) is 98.1 cm³/mol. The number of hydrogen-bond acceptors (Lipinski definition) is 2. The first-order valence-electron chi connectivity index (χ1n) is 9.92. The third kappa shape index (κ3) is 4.43. The summed E-state index contributed by atoms with van der Waals surface area (Å²) in [4.78, 5) is 12.5. The number of esters is 1. The lowest BCUT2D eigenvalue weighted by Crippen LogP contribution is -2.29. The molecule has 2 saturated carbocycles. The largest absolute Gasteiger partial charge is 0.426 e. The van der Waals surface area contributed by atoms with Crippen molar-refractivity contribution in [2.24, 2.45) is 23.7 Å². The van der Waals surface area contributed by atoms with Crippen LogP contribution in [-0.4, -0.2) is 5.97 Å². The van der Waals surface area contributed by atoms with E-state index in [4.69, 9.17) is 4.74 Å². The highest BCUT2D eigenvalue weighted by Gasteiger charge is 2.33. The Morgan fingerprint density at radius 3 is 2.08 bits per heavy atom. The van der Waals surface area contributed by atoms with E-state index >= 15 is 0 Å². The number of carbonyl (C=O) groups is 1. The molecule has 0 spiro atoms. The second-order valence-electron chi connectivity index (χ2n) is 8.40. The number of benzene rings is 1. The average Bonchev–Trinajstić information content (AvgIpc) is 2.60. The summed E-state index contributed by atoms with van der Waals surface area (Å²) in [5, 5.41) is 0. The maximum atomic E-state index is 13.8. The van der Waals surface area contributed by atoms with Gasteiger partial charge in [0.05, 0.1) is 5.92 Å². The van der Waals surface area contributed by atoms with Crippen molar-refractivity contribution in [1.82, 2.24) is 0 Å². The van der Waals surface area contributed by atoms with Crippen molar-refractivity contribution in [3.8, 4) is 5.75 Å². The van der Waals surface area contributed by atoms with Crippen LogP contribution in [0.15, 0.2) is 12.1 Å². The third-order valence-corrected chi connectivity index (χ3v) is 6.63. The van der Waals surface area contributed by atoms with Gasteiger partial charge in [0, 0.05) is 6.07 Å². The highest BCUT2D eigenvalue weighted by atomic mass is 19.1. The van der Waals surface area contributed by atoms with Gasteiger partial charge in [0.15, 0.2) is 0 Å². The van der Waals surface area contributed by atoms with Crippen LogP contribution in [0.4, 0.5) is 4.39 Å². The van der Waals surface area contributed by atoms with Gasteiger partial charge in [-0.3, -0.25) is 4.79 Å².